The molecule has 0 spiro atoms. The SMILES string of the molecule is CC(C)c1cc(CN2CCCC[C@H]2c2ccccn2)no1. The highest BCUT2D eigenvalue weighted by molar-refractivity contribution is 5.12. The quantitative estimate of drug-likeness (QED) is 0.854. The largest absolute Gasteiger partial charge is 0.361 e. The second-order valence-electron chi connectivity index (χ2n) is 6.11. The first-order valence-corrected chi connectivity index (χ1v) is 7.84. The van der Waals surface area contributed by atoms with Crippen molar-refractivity contribution in [2.24, 2.45) is 0 Å². The van der Waals surface area contributed by atoms with Gasteiger partial charge in [0.2, 0.25) is 0 Å². The van der Waals surface area contributed by atoms with Gasteiger partial charge in [0, 0.05) is 24.7 Å². The summed E-state index contributed by atoms with van der Waals surface area (Å²) in [6, 6.07) is 8.67. The minimum absolute atomic E-state index is 0.388. The molecule has 1 aliphatic rings. The number of pyridine rings is 1. The zero-order chi connectivity index (χ0) is 14.7. The highest BCUT2D eigenvalue weighted by Gasteiger charge is 2.25. The molecule has 0 bridgehead atoms. The van der Waals surface area contributed by atoms with Gasteiger partial charge < -0.3 is 4.52 Å². The summed E-state index contributed by atoms with van der Waals surface area (Å²) in [6.45, 7) is 6.20. The van der Waals surface area contributed by atoms with Gasteiger partial charge in [-0.3, -0.25) is 9.88 Å². The van der Waals surface area contributed by atoms with Crippen LogP contribution in [0.4, 0.5) is 0 Å². The molecule has 0 aliphatic carbocycles. The van der Waals surface area contributed by atoms with E-state index < -0.39 is 0 Å². The van der Waals surface area contributed by atoms with Crippen LogP contribution < -0.4 is 0 Å². The molecule has 0 radical (unpaired) electrons. The van der Waals surface area contributed by atoms with Crippen molar-refractivity contribution in [1.82, 2.24) is 15.0 Å². The number of nitrogens with zero attached hydrogens (tertiary/aromatic N) is 3. The first-order chi connectivity index (χ1) is 10.2. The van der Waals surface area contributed by atoms with Crippen molar-refractivity contribution in [1.29, 1.82) is 0 Å². The van der Waals surface area contributed by atoms with Gasteiger partial charge in [-0.15, -0.1) is 0 Å². The lowest BCUT2D eigenvalue weighted by atomic mass is 9.98. The van der Waals surface area contributed by atoms with E-state index >= 15 is 0 Å². The smallest absolute Gasteiger partial charge is 0.139 e. The Labute approximate surface area is 126 Å². The third-order valence-electron chi connectivity index (χ3n) is 4.15. The van der Waals surface area contributed by atoms with E-state index in [0.717, 1.165) is 24.5 Å². The van der Waals surface area contributed by atoms with Crippen LogP contribution in [0.15, 0.2) is 35.0 Å². The van der Waals surface area contributed by atoms with E-state index in [2.05, 4.69) is 47.1 Å². The highest BCUT2D eigenvalue weighted by atomic mass is 16.5. The molecule has 1 fully saturated rings. The number of aromatic nitrogens is 2. The maximum absolute atomic E-state index is 5.42. The molecule has 0 saturated carbocycles. The fraction of sp³-hybridized carbons (Fsp3) is 0.529. The van der Waals surface area contributed by atoms with Crippen molar-refractivity contribution in [2.75, 3.05) is 6.54 Å². The van der Waals surface area contributed by atoms with Crippen LogP contribution in [-0.2, 0) is 6.54 Å². The number of piperidine rings is 1. The van der Waals surface area contributed by atoms with Crippen molar-refractivity contribution in [3.63, 3.8) is 0 Å². The van der Waals surface area contributed by atoms with Crippen LogP contribution in [0.2, 0.25) is 0 Å². The third kappa shape index (κ3) is 3.32. The Morgan fingerprint density at radius 1 is 1.33 bits per heavy atom. The summed E-state index contributed by atoms with van der Waals surface area (Å²) in [5.74, 6) is 1.36. The van der Waals surface area contributed by atoms with Gasteiger partial charge in [0.1, 0.15) is 5.76 Å². The van der Waals surface area contributed by atoms with Crippen LogP contribution in [0.3, 0.4) is 0 Å². The molecule has 4 heteroatoms. The minimum atomic E-state index is 0.388. The lowest BCUT2D eigenvalue weighted by Gasteiger charge is -2.34. The van der Waals surface area contributed by atoms with Crippen molar-refractivity contribution in [2.45, 2.75) is 51.6 Å². The highest BCUT2D eigenvalue weighted by Crippen LogP contribution is 2.31. The minimum Gasteiger partial charge on any atom is -0.361 e. The van der Waals surface area contributed by atoms with E-state index in [1.807, 2.05) is 12.3 Å². The second kappa shape index (κ2) is 6.39. The Balaban J connectivity index is 1.75. The first kappa shape index (κ1) is 14.3. The molecular weight excluding hydrogens is 262 g/mol. The van der Waals surface area contributed by atoms with Gasteiger partial charge in [-0.1, -0.05) is 31.5 Å². The molecule has 112 valence electrons. The van der Waals surface area contributed by atoms with E-state index in [0.29, 0.717) is 12.0 Å². The fourth-order valence-electron chi connectivity index (χ4n) is 2.97. The topological polar surface area (TPSA) is 42.2 Å². The number of hydrogen-bond acceptors (Lipinski definition) is 4. The Morgan fingerprint density at radius 3 is 2.95 bits per heavy atom. The molecule has 0 unspecified atom stereocenters. The van der Waals surface area contributed by atoms with E-state index in [9.17, 15) is 0 Å². The molecule has 1 atom stereocenters. The zero-order valence-electron chi connectivity index (χ0n) is 12.8. The Bertz CT molecular complexity index is 564. The van der Waals surface area contributed by atoms with Crippen LogP contribution in [0, 0.1) is 0 Å². The van der Waals surface area contributed by atoms with Crippen molar-refractivity contribution < 1.29 is 4.52 Å². The molecule has 2 aromatic heterocycles. The predicted molar refractivity (Wildman–Crippen MR) is 81.8 cm³/mol. The van der Waals surface area contributed by atoms with Gasteiger partial charge in [0.15, 0.2) is 0 Å². The van der Waals surface area contributed by atoms with Crippen LogP contribution in [0.5, 0.6) is 0 Å². The monoisotopic (exact) mass is 285 g/mol. The molecule has 0 amide bonds. The van der Waals surface area contributed by atoms with Crippen LogP contribution >= 0.6 is 0 Å². The maximum Gasteiger partial charge on any atom is 0.139 e. The average molecular weight is 285 g/mol. The van der Waals surface area contributed by atoms with E-state index in [1.165, 1.54) is 25.0 Å². The molecule has 1 saturated heterocycles. The number of hydrogen-bond donors (Lipinski definition) is 0. The summed E-state index contributed by atoms with van der Waals surface area (Å²) in [5.41, 5.74) is 2.20. The lowest BCUT2D eigenvalue weighted by molar-refractivity contribution is 0.133. The standard InChI is InChI=1S/C17H23N3O/c1-13(2)17-11-14(19-21-17)12-20-10-6-4-8-16(20)15-7-3-5-9-18-15/h3,5,7,9,11,13,16H,4,6,8,10,12H2,1-2H3/t16-/m0/s1. The van der Waals surface area contributed by atoms with Gasteiger partial charge in [0.05, 0.1) is 17.4 Å². The van der Waals surface area contributed by atoms with Crippen LogP contribution in [0.25, 0.3) is 0 Å². The normalized spacial score (nSPS) is 20.0. The molecule has 2 aromatic rings. The van der Waals surface area contributed by atoms with Crippen LogP contribution in [0.1, 0.15) is 62.2 Å². The van der Waals surface area contributed by atoms with Crippen molar-refractivity contribution >= 4 is 0 Å². The van der Waals surface area contributed by atoms with Gasteiger partial charge >= 0.3 is 0 Å². The van der Waals surface area contributed by atoms with Gasteiger partial charge in [-0.2, -0.15) is 0 Å². The first-order valence-electron chi connectivity index (χ1n) is 7.84. The summed E-state index contributed by atoms with van der Waals surface area (Å²) in [4.78, 5) is 7.02. The molecule has 21 heavy (non-hydrogen) atoms. The summed E-state index contributed by atoms with van der Waals surface area (Å²) < 4.78 is 5.42. The molecule has 4 nitrogen and oxygen atoms in total. The zero-order valence-corrected chi connectivity index (χ0v) is 12.8. The average Bonchev–Trinajstić information content (AvgIpc) is 2.98. The van der Waals surface area contributed by atoms with E-state index in [-0.39, 0.29) is 0 Å². The Kier molecular flexibility index (Phi) is 4.34. The summed E-state index contributed by atoms with van der Waals surface area (Å²) >= 11 is 0. The molecule has 0 N–H and O–H groups in total. The van der Waals surface area contributed by atoms with E-state index in [1.54, 1.807) is 0 Å². The van der Waals surface area contributed by atoms with Crippen molar-refractivity contribution in [3.05, 3.63) is 47.6 Å². The van der Waals surface area contributed by atoms with Crippen LogP contribution in [-0.4, -0.2) is 21.6 Å². The third-order valence-corrected chi connectivity index (χ3v) is 4.15. The number of rotatable bonds is 4. The van der Waals surface area contributed by atoms with E-state index in [4.69, 9.17) is 4.52 Å². The summed E-state index contributed by atoms with van der Waals surface area (Å²) in [6.07, 6.45) is 5.58. The molecule has 3 heterocycles. The van der Waals surface area contributed by atoms with Gasteiger partial charge in [-0.25, -0.2) is 0 Å². The summed E-state index contributed by atoms with van der Waals surface area (Å²) in [7, 11) is 0. The second-order valence-corrected chi connectivity index (χ2v) is 6.11. The fourth-order valence-corrected chi connectivity index (χ4v) is 2.97. The molecule has 1 aliphatic heterocycles. The van der Waals surface area contributed by atoms with Gasteiger partial charge in [0.25, 0.3) is 0 Å². The predicted octanol–water partition coefficient (Wildman–Crippen LogP) is 3.92. The van der Waals surface area contributed by atoms with Crippen molar-refractivity contribution in [3.8, 4) is 0 Å². The maximum atomic E-state index is 5.42. The summed E-state index contributed by atoms with van der Waals surface area (Å²) in [5, 5.41) is 4.22. The molecule has 3 rings (SSSR count). The molecule has 0 aromatic carbocycles. The molecular formula is C17H23N3O. The Morgan fingerprint density at radius 2 is 2.24 bits per heavy atom. The number of likely N-dealkylation sites (tertiary alicyclic amines) is 1. The van der Waals surface area contributed by atoms with Gasteiger partial charge in [-0.05, 0) is 31.5 Å². The lowest BCUT2D eigenvalue weighted by Crippen LogP contribution is -2.33. The Hall–Kier alpha value is -1.68.